The van der Waals surface area contributed by atoms with Crippen LogP contribution in [-0.4, -0.2) is 36.1 Å². The summed E-state index contributed by atoms with van der Waals surface area (Å²) in [6.45, 7) is 1.10. The molecule has 0 aliphatic carbocycles. The van der Waals surface area contributed by atoms with Crippen LogP contribution in [0.2, 0.25) is 0 Å². The van der Waals surface area contributed by atoms with Crippen molar-refractivity contribution >= 4 is 17.2 Å². The second kappa shape index (κ2) is 9.73. The van der Waals surface area contributed by atoms with E-state index in [1.54, 1.807) is 36.9 Å². The zero-order valence-corrected chi connectivity index (χ0v) is 16.0. The van der Waals surface area contributed by atoms with E-state index in [0.717, 1.165) is 12.0 Å². The first-order valence-corrected chi connectivity index (χ1v) is 9.59. The third kappa shape index (κ3) is 5.56. The van der Waals surface area contributed by atoms with E-state index in [-0.39, 0.29) is 12.5 Å². The number of hydrogen-bond donors (Lipinski definition) is 0. The second-order valence-corrected chi connectivity index (χ2v) is 6.98. The fraction of sp³-hybridized carbons (Fsp3) is 0.238. The molecule has 3 aromatic rings. The summed E-state index contributed by atoms with van der Waals surface area (Å²) in [4.78, 5) is 20.0. The number of aromatic nitrogens is 1. The van der Waals surface area contributed by atoms with Crippen molar-refractivity contribution in [2.75, 3.05) is 20.3 Å². The summed E-state index contributed by atoms with van der Waals surface area (Å²) in [6.07, 6.45) is 4.33. The van der Waals surface area contributed by atoms with Gasteiger partial charge in [0.2, 0.25) is 0 Å². The Bertz CT molecular complexity index is 838. The molecule has 0 bridgehead atoms. The highest BCUT2D eigenvalue weighted by Gasteiger charge is 2.16. The summed E-state index contributed by atoms with van der Waals surface area (Å²) < 4.78 is 11.0. The molecule has 6 heteroatoms. The number of carbonyl (C=O) groups is 1. The molecule has 0 unspecified atom stereocenters. The van der Waals surface area contributed by atoms with E-state index >= 15 is 0 Å². The standard InChI is InChI=1S/C21H22N2O3S/c1-25-19-8-2-3-9-20(19)26-16-21(24)23(12-10-18-7-5-13-27-18)15-17-6-4-11-22-14-17/h2-9,11,13-14H,10,12,15-16H2,1H3. The first-order valence-electron chi connectivity index (χ1n) is 8.71. The summed E-state index contributed by atoms with van der Waals surface area (Å²) in [5.74, 6) is 1.11. The molecule has 0 saturated heterocycles. The van der Waals surface area contributed by atoms with Crippen molar-refractivity contribution in [3.05, 3.63) is 76.7 Å². The maximum Gasteiger partial charge on any atom is 0.260 e. The molecule has 140 valence electrons. The molecule has 0 aliphatic heterocycles. The average molecular weight is 382 g/mol. The lowest BCUT2D eigenvalue weighted by molar-refractivity contribution is -0.134. The number of benzene rings is 1. The summed E-state index contributed by atoms with van der Waals surface area (Å²) in [6, 6.07) is 15.3. The van der Waals surface area contributed by atoms with Crippen LogP contribution in [-0.2, 0) is 17.8 Å². The Morgan fingerprint density at radius 3 is 2.67 bits per heavy atom. The van der Waals surface area contributed by atoms with Crippen LogP contribution in [0.15, 0.2) is 66.3 Å². The van der Waals surface area contributed by atoms with Gasteiger partial charge in [-0.3, -0.25) is 9.78 Å². The van der Waals surface area contributed by atoms with E-state index in [1.165, 1.54) is 4.88 Å². The predicted octanol–water partition coefficient (Wildman–Crippen LogP) is 3.80. The van der Waals surface area contributed by atoms with E-state index in [2.05, 4.69) is 11.1 Å². The van der Waals surface area contributed by atoms with Gasteiger partial charge in [-0.2, -0.15) is 0 Å². The van der Waals surface area contributed by atoms with Gasteiger partial charge in [-0.15, -0.1) is 11.3 Å². The van der Waals surface area contributed by atoms with E-state index in [4.69, 9.17) is 9.47 Å². The number of carbonyl (C=O) groups excluding carboxylic acids is 1. The maximum atomic E-state index is 12.8. The van der Waals surface area contributed by atoms with Crippen LogP contribution >= 0.6 is 11.3 Å². The fourth-order valence-electron chi connectivity index (χ4n) is 2.67. The first kappa shape index (κ1) is 18.9. The van der Waals surface area contributed by atoms with Crippen molar-refractivity contribution in [3.8, 4) is 11.5 Å². The van der Waals surface area contributed by atoms with E-state index in [0.29, 0.717) is 24.6 Å². The molecule has 0 N–H and O–H groups in total. The van der Waals surface area contributed by atoms with Gasteiger partial charge in [0.25, 0.3) is 5.91 Å². The molecule has 0 atom stereocenters. The zero-order chi connectivity index (χ0) is 18.9. The summed E-state index contributed by atoms with van der Waals surface area (Å²) in [5.41, 5.74) is 0.995. The minimum absolute atomic E-state index is 0.0366. The summed E-state index contributed by atoms with van der Waals surface area (Å²) in [5, 5.41) is 2.05. The quantitative estimate of drug-likeness (QED) is 0.565. The molecule has 0 radical (unpaired) electrons. The molecule has 2 heterocycles. The largest absolute Gasteiger partial charge is 0.493 e. The van der Waals surface area contributed by atoms with Crippen LogP contribution in [0.1, 0.15) is 10.4 Å². The van der Waals surface area contributed by atoms with Gasteiger partial charge in [0.15, 0.2) is 18.1 Å². The van der Waals surface area contributed by atoms with Crippen molar-refractivity contribution in [2.45, 2.75) is 13.0 Å². The molecule has 2 aromatic heterocycles. The lowest BCUT2D eigenvalue weighted by atomic mass is 10.2. The van der Waals surface area contributed by atoms with Crippen LogP contribution in [0.4, 0.5) is 0 Å². The van der Waals surface area contributed by atoms with Crippen LogP contribution < -0.4 is 9.47 Å². The van der Waals surface area contributed by atoms with Crippen LogP contribution in [0.5, 0.6) is 11.5 Å². The van der Waals surface area contributed by atoms with E-state index in [9.17, 15) is 4.79 Å². The number of nitrogens with zero attached hydrogens (tertiary/aromatic N) is 2. The van der Waals surface area contributed by atoms with Gasteiger partial charge in [0, 0.05) is 30.4 Å². The fourth-order valence-corrected chi connectivity index (χ4v) is 3.37. The van der Waals surface area contributed by atoms with Gasteiger partial charge >= 0.3 is 0 Å². The third-order valence-corrected chi connectivity index (χ3v) is 5.01. The SMILES string of the molecule is COc1ccccc1OCC(=O)N(CCc1cccs1)Cc1cccnc1. The molecule has 0 saturated carbocycles. The number of methoxy groups -OCH3 is 1. The molecule has 5 nitrogen and oxygen atoms in total. The number of rotatable bonds is 9. The number of ether oxygens (including phenoxy) is 2. The van der Waals surface area contributed by atoms with Gasteiger partial charge in [-0.1, -0.05) is 24.3 Å². The van der Waals surface area contributed by atoms with Gasteiger partial charge in [-0.25, -0.2) is 0 Å². The molecule has 0 fully saturated rings. The second-order valence-electron chi connectivity index (χ2n) is 5.95. The Balaban J connectivity index is 1.65. The topological polar surface area (TPSA) is 51.7 Å². The van der Waals surface area contributed by atoms with Crippen LogP contribution in [0.25, 0.3) is 0 Å². The molecule has 3 rings (SSSR count). The molecule has 0 spiro atoms. The number of hydrogen-bond acceptors (Lipinski definition) is 5. The highest BCUT2D eigenvalue weighted by molar-refractivity contribution is 7.09. The van der Waals surface area contributed by atoms with Crippen LogP contribution in [0.3, 0.4) is 0 Å². The first-order chi connectivity index (χ1) is 13.3. The van der Waals surface area contributed by atoms with Crippen molar-refractivity contribution in [1.82, 2.24) is 9.88 Å². The normalized spacial score (nSPS) is 10.4. The maximum absolute atomic E-state index is 12.8. The Kier molecular flexibility index (Phi) is 6.82. The number of thiophene rings is 1. The number of pyridine rings is 1. The predicted molar refractivity (Wildman–Crippen MR) is 106 cm³/mol. The minimum atomic E-state index is -0.0682. The van der Waals surface area contributed by atoms with Crippen LogP contribution in [0, 0.1) is 0 Å². The van der Waals surface area contributed by atoms with Crippen molar-refractivity contribution in [1.29, 1.82) is 0 Å². The highest BCUT2D eigenvalue weighted by Crippen LogP contribution is 2.25. The van der Waals surface area contributed by atoms with Crippen molar-refractivity contribution < 1.29 is 14.3 Å². The minimum Gasteiger partial charge on any atom is -0.493 e. The molecular formula is C21H22N2O3S. The van der Waals surface area contributed by atoms with Gasteiger partial charge in [0.05, 0.1) is 7.11 Å². The Labute approximate surface area is 163 Å². The van der Waals surface area contributed by atoms with Crippen molar-refractivity contribution in [3.63, 3.8) is 0 Å². The lowest BCUT2D eigenvalue weighted by Crippen LogP contribution is -2.36. The van der Waals surface area contributed by atoms with Crippen molar-refractivity contribution in [2.24, 2.45) is 0 Å². The summed E-state index contributed by atoms with van der Waals surface area (Å²) in [7, 11) is 1.58. The lowest BCUT2D eigenvalue weighted by Gasteiger charge is -2.23. The molecular weight excluding hydrogens is 360 g/mol. The van der Waals surface area contributed by atoms with E-state index < -0.39 is 0 Å². The third-order valence-electron chi connectivity index (χ3n) is 4.08. The number of amides is 1. The molecule has 27 heavy (non-hydrogen) atoms. The molecule has 1 amide bonds. The monoisotopic (exact) mass is 382 g/mol. The van der Waals surface area contributed by atoms with Gasteiger partial charge in [-0.05, 0) is 41.6 Å². The Morgan fingerprint density at radius 1 is 1.11 bits per heavy atom. The zero-order valence-electron chi connectivity index (χ0n) is 15.2. The molecule has 0 aliphatic rings. The Morgan fingerprint density at radius 2 is 1.96 bits per heavy atom. The summed E-state index contributed by atoms with van der Waals surface area (Å²) >= 11 is 1.70. The van der Waals surface area contributed by atoms with Gasteiger partial charge in [0.1, 0.15) is 0 Å². The highest BCUT2D eigenvalue weighted by atomic mass is 32.1. The van der Waals surface area contributed by atoms with Gasteiger partial charge < -0.3 is 14.4 Å². The molecule has 1 aromatic carbocycles. The average Bonchev–Trinajstić information content (AvgIpc) is 3.24. The van der Waals surface area contributed by atoms with E-state index in [1.807, 2.05) is 46.7 Å². The Hall–Kier alpha value is -2.86. The number of para-hydroxylation sites is 2. The smallest absolute Gasteiger partial charge is 0.260 e.